The maximum absolute atomic E-state index is 12.5. The van der Waals surface area contributed by atoms with Crippen molar-refractivity contribution in [1.82, 2.24) is 15.5 Å². The first-order chi connectivity index (χ1) is 14.0. The molecule has 29 heavy (non-hydrogen) atoms. The molecule has 1 aromatic heterocycles. The number of nitrogens with zero attached hydrogens (tertiary/aromatic N) is 2. The van der Waals surface area contributed by atoms with Gasteiger partial charge in [-0.25, -0.2) is 0 Å². The van der Waals surface area contributed by atoms with Crippen LogP contribution in [0.5, 0.6) is 5.75 Å². The molecule has 150 valence electrons. The molecule has 10 heteroatoms. The second-order valence-corrected chi connectivity index (χ2v) is 7.69. The molecule has 0 saturated heterocycles. The monoisotopic (exact) mass is 450 g/mol. The van der Waals surface area contributed by atoms with E-state index in [1.54, 1.807) is 36.4 Å². The first-order valence-electron chi connectivity index (χ1n) is 8.48. The standard InChI is InChI=1S/C19H16Cl2N4O3S/c1-28-15-7-6-11(20)10-13(15)18(27)23-19-25-24-16(29-19)8-9-22-17(26)12-4-2-3-5-14(12)21/h2-7,10H,8-9H2,1H3,(H,22,26)(H,23,25,27). The van der Waals surface area contributed by atoms with E-state index in [0.29, 0.717) is 50.0 Å². The van der Waals surface area contributed by atoms with E-state index in [0.717, 1.165) is 0 Å². The largest absolute Gasteiger partial charge is 0.496 e. The average molecular weight is 451 g/mol. The predicted molar refractivity (Wildman–Crippen MR) is 113 cm³/mol. The number of aromatic nitrogens is 2. The number of ether oxygens (including phenoxy) is 1. The molecule has 0 aliphatic rings. The van der Waals surface area contributed by atoms with Crippen molar-refractivity contribution in [2.75, 3.05) is 19.0 Å². The van der Waals surface area contributed by atoms with E-state index < -0.39 is 5.91 Å². The molecule has 0 saturated carbocycles. The fourth-order valence-corrected chi connectivity index (χ4v) is 3.58. The maximum Gasteiger partial charge on any atom is 0.261 e. The highest BCUT2D eigenvalue weighted by atomic mass is 35.5. The van der Waals surface area contributed by atoms with Gasteiger partial charge in [0.2, 0.25) is 5.13 Å². The van der Waals surface area contributed by atoms with Crippen molar-refractivity contribution in [3.05, 3.63) is 68.6 Å². The summed E-state index contributed by atoms with van der Waals surface area (Å²) in [6.07, 6.45) is 0.463. The van der Waals surface area contributed by atoms with Crippen molar-refractivity contribution >= 4 is 51.5 Å². The van der Waals surface area contributed by atoms with Crippen molar-refractivity contribution in [3.63, 3.8) is 0 Å². The normalized spacial score (nSPS) is 10.4. The van der Waals surface area contributed by atoms with Gasteiger partial charge in [-0.05, 0) is 30.3 Å². The van der Waals surface area contributed by atoms with Crippen LogP contribution < -0.4 is 15.4 Å². The van der Waals surface area contributed by atoms with Crippen LogP contribution in [0.15, 0.2) is 42.5 Å². The quantitative estimate of drug-likeness (QED) is 0.565. The molecule has 0 spiro atoms. The Balaban J connectivity index is 1.56. The number of hydrogen-bond donors (Lipinski definition) is 2. The summed E-state index contributed by atoms with van der Waals surface area (Å²) in [5.41, 5.74) is 0.707. The number of anilines is 1. The number of nitrogens with one attached hydrogen (secondary N) is 2. The molecular weight excluding hydrogens is 435 g/mol. The van der Waals surface area contributed by atoms with E-state index in [4.69, 9.17) is 27.9 Å². The Morgan fingerprint density at radius 1 is 1.07 bits per heavy atom. The van der Waals surface area contributed by atoms with Gasteiger partial charge in [-0.2, -0.15) is 0 Å². The van der Waals surface area contributed by atoms with Gasteiger partial charge in [0, 0.05) is 18.0 Å². The molecule has 0 aliphatic heterocycles. The molecular formula is C19H16Cl2N4O3S. The van der Waals surface area contributed by atoms with Gasteiger partial charge in [0.05, 0.1) is 23.3 Å². The van der Waals surface area contributed by atoms with Gasteiger partial charge in [-0.1, -0.05) is 46.7 Å². The molecule has 1 heterocycles. The molecule has 0 bridgehead atoms. The molecule has 0 unspecified atom stereocenters. The minimum atomic E-state index is -0.404. The zero-order valence-electron chi connectivity index (χ0n) is 15.2. The second-order valence-electron chi connectivity index (χ2n) is 5.79. The van der Waals surface area contributed by atoms with Crippen LogP contribution in [-0.2, 0) is 6.42 Å². The number of rotatable bonds is 7. The fourth-order valence-electron chi connectivity index (χ4n) is 2.45. The van der Waals surface area contributed by atoms with Crippen molar-refractivity contribution in [1.29, 1.82) is 0 Å². The van der Waals surface area contributed by atoms with Gasteiger partial charge in [0.1, 0.15) is 10.8 Å². The van der Waals surface area contributed by atoms with Gasteiger partial charge >= 0.3 is 0 Å². The molecule has 2 aromatic carbocycles. The Kier molecular flexibility index (Phi) is 7.03. The molecule has 0 radical (unpaired) electrons. The van der Waals surface area contributed by atoms with Gasteiger partial charge in [-0.3, -0.25) is 14.9 Å². The summed E-state index contributed by atoms with van der Waals surface area (Å²) in [4.78, 5) is 24.6. The second kappa shape index (κ2) is 9.69. The van der Waals surface area contributed by atoms with Crippen molar-refractivity contribution in [3.8, 4) is 5.75 Å². The molecule has 0 fully saturated rings. The molecule has 7 nitrogen and oxygen atoms in total. The number of carbonyl (C=O) groups excluding carboxylic acids is 2. The number of carbonyl (C=O) groups is 2. The Hall–Kier alpha value is -2.68. The lowest BCUT2D eigenvalue weighted by Crippen LogP contribution is -2.25. The van der Waals surface area contributed by atoms with Gasteiger partial charge in [-0.15, -0.1) is 10.2 Å². The predicted octanol–water partition coefficient (Wildman–Crippen LogP) is 4.08. The number of benzene rings is 2. The fraction of sp³-hybridized carbons (Fsp3) is 0.158. The van der Waals surface area contributed by atoms with Crippen LogP contribution in [0, 0.1) is 0 Å². The van der Waals surface area contributed by atoms with Crippen molar-refractivity contribution < 1.29 is 14.3 Å². The van der Waals surface area contributed by atoms with E-state index in [2.05, 4.69) is 20.8 Å². The molecule has 2 amide bonds. The number of halogens is 2. The van der Waals surface area contributed by atoms with Crippen LogP contribution in [-0.4, -0.2) is 35.7 Å². The molecule has 2 N–H and O–H groups in total. The third-order valence-electron chi connectivity index (χ3n) is 3.84. The smallest absolute Gasteiger partial charge is 0.261 e. The van der Waals surface area contributed by atoms with Crippen LogP contribution in [0.1, 0.15) is 25.7 Å². The number of hydrogen-bond acceptors (Lipinski definition) is 6. The van der Waals surface area contributed by atoms with E-state index in [1.165, 1.54) is 24.5 Å². The highest BCUT2D eigenvalue weighted by Crippen LogP contribution is 2.24. The Bertz CT molecular complexity index is 1040. The number of methoxy groups -OCH3 is 1. The highest BCUT2D eigenvalue weighted by molar-refractivity contribution is 7.15. The van der Waals surface area contributed by atoms with Crippen molar-refractivity contribution in [2.45, 2.75) is 6.42 Å². The first-order valence-corrected chi connectivity index (χ1v) is 10.0. The highest BCUT2D eigenvalue weighted by Gasteiger charge is 2.16. The van der Waals surface area contributed by atoms with Crippen LogP contribution in [0.3, 0.4) is 0 Å². The third-order valence-corrected chi connectivity index (χ3v) is 5.30. The van der Waals surface area contributed by atoms with Gasteiger partial charge in [0.15, 0.2) is 0 Å². The lowest BCUT2D eigenvalue weighted by atomic mass is 10.2. The van der Waals surface area contributed by atoms with Crippen LogP contribution in [0.4, 0.5) is 5.13 Å². The van der Waals surface area contributed by atoms with E-state index >= 15 is 0 Å². The lowest BCUT2D eigenvalue weighted by molar-refractivity contribution is 0.0953. The third kappa shape index (κ3) is 5.44. The summed E-state index contributed by atoms with van der Waals surface area (Å²) >= 11 is 13.2. The SMILES string of the molecule is COc1ccc(Cl)cc1C(=O)Nc1nnc(CCNC(=O)c2ccccc2Cl)s1. The zero-order valence-corrected chi connectivity index (χ0v) is 17.6. The summed E-state index contributed by atoms with van der Waals surface area (Å²) in [7, 11) is 1.47. The average Bonchev–Trinajstić information content (AvgIpc) is 3.15. The first kappa shape index (κ1) is 21.0. The minimum absolute atomic E-state index is 0.262. The van der Waals surface area contributed by atoms with E-state index in [1.807, 2.05) is 0 Å². The summed E-state index contributed by atoms with van der Waals surface area (Å²) < 4.78 is 5.18. The van der Waals surface area contributed by atoms with Gasteiger partial charge in [0.25, 0.3) is 11.8 Å². The van der Waals surface area contributed by atoms with E-state index in [9.17, 15) is 9.59 Å². The zero-order chi connectivity index (χ0) is 20.8. The minimum Gasteiger partial charge on any atom is -0.496 e. The summed E-state index contributed by atoms with van der Waals surface area (Å²) in [6.45, 7) is 0.356. The van der Waals surface area contributed by atoms with Crippen LogP contribution in [0.2, 0.25) is 10.0 Å². The topological polar surface area (TPSA) is 93.2 Å². The maximum atomic E-state index is 12.5. The number of amides is 2. The Morgan fingerprint density at radius 2 is 1.86 bits per heavy atom. The molecule has 0 atom stereocenters. The summed E-state index contributed by atoms with van der Waals surface area (Å²) in [5.74, 6) is -0.264. The molecule has 0 aliphatic carbocycles. The molecule has 3 rings (SSSR count). The van der Waals surface area contributed by atoms with E-state index in [-0.39, 0.29) is 5.91 Å². The van der Waals surface area contributed by atoms with Crippen LogP contribution >= 0.6 is 34.5 Å². The van der Waals surface area contributed by atoms with Crippen LogP contribution in [0.25, 0.3) is 0 Å². The Labute approximate surface area is 181 Å². The van der Waals surface area contributed by atoms with Crippen molar-refractivity contribution in [2.24, 2.45) is 0 Å². The van der Waals surface area contributed by atoms with Gasteiger partial charge < -0.3 is 10.1 Å². The molecule has 3 aromatic rings. The lowest BCUT2D eigenvalue weighted by Gasteiger charge is -2.07. The summed E-state index contributed by atoms with van der Waals surface area (Å²) in [6, 6.07) is 11.6. The summed E-state index contributed by atoms with van der Waals surface area (Å²) in [5, 5.41) is 15.3. The Morgan fingerprint density at radius 3 is 2.62 bits per heavy atom.